The standard InChI is InChI=1S/C18H23FN2O2/c19-16-8-4-3-7-15(16)18(23)21-11-9-13(10-12-21)17(22)20-14-5-1-2-6-14/h3-4,7-8,13-14H,1-2,5-6,9-12H2,(H,20,22). The molecule has 1 aliphatic heterocycles. The molecule has 1 heterocycles. The van der Waals surface area contributed by atoms with Gasteiger partial charge in [0, 0.05) is 25.0 Å². The highest BCUT2D eigenvalue weighted by Crippen LogP contribution is 2.22. The molecule has 0 aromatic heterocycles. The number of likely N-dealkylation sites (tertiary alicyclic amines) is 1. The van der Waals surface area contributed by atoms with Gasteiger partial charge in [0.1, 0.15) is 5.82 Å². The molecule has 1 aromatic rings. The molecule has 124 valence electrons. The Morgan fingerprint density at radius 1 is 1.04 bits per heavy atom. The van der Waals surface area contributed by atoms with Crippen LogP contribution in [-0.4, -0.2) is 35.8 Å². The van der Waals surface area contributed by atoms with Crippen LogP contribution in [0.4, 0.5) is 4.39 Å². The second-order valence-electron chi connectivity index (χ2n) is 6.54. The number of carbonyl (C=O) groups is 2. The molecule has 0 radical (unpaired) electrons. The summed E-state index contributed by atoms with van der Waals surface area (Å²) in [4.78, 5) is 26.3. The normalized spacial score (nSPS) is 19.8. The number of carbonyl (C=O) groups excluding carboxylic acids is 2. The molecule has 1 aliphatic carbocycles. The number of hydrogen-bond acceptors (Lipinski definition) is 2. The Hall–Kier alpha value is -1.91. The number of amides is 2. The number of rotatable bonds is 3. The predicted molar refractivity (Wildman–Crippen MR) is 85.4 cm³/mol. The monoisotopic (exact) mass is 318 g/mol. The van der Waals surface area contributed by atoms with Crippen molar-refractivity contribution in [2.24, 2.45) is 5.92 Å². The van der Waals surface area contributed by atoms with Gasteiger partial charge >= 0.3 is 0 Å². The third kappa shape index (κ3) is 3.71. The fourth-order valence-corrected chi connectivity index (χ4v) is 3.54. The minimum Gasteiger partial charge on any atom is -0.353 e. The van der Waals surface area contributed by atoms with Crippen molar-refractivity contribution in [2.75, 3.05) is 13.1 Å². The van der Waals surface area contributed by atoms with Gasteiger partial charge in [-0.05, 0) is 37.8 Å². The van der Waals surface area contributed by atoms with Crippen LogP contribution in [0, 0.1) is 11.7 Å². The van der Waals surface area contributed by atoms with E-state index in [4.69, 9.17) is 0 Å². The van der Waals surface area contributed by atoms with Crippen LogP contribution >= 0.6 is 0 Å². The molecule has 1 saturated carbocycles. The maximum Gasteiger partial charge on any atom is 0.256 e. The summed E-state index contributed by atoms with van der Waals surface area (Å²) in [7, 11) is 0. The van der Waals surface area contributed by atoms with Crippen LogP contribution < -0.4 is 5.32 Å². The Morgan fingerprint density at radius 2 is 1.70 bits per heavy atom. The Balaban J connectivity index is 1.52. The molecule has 0 atom stereocenters. The van der Waals surface area contributed by atoms with Gasteiger partial charge in [-0.15, -0.1) is 0 Å². The highest BCUT2D eigenvalue weighted by atomic mass is 19.1. The SMILES string of the molecule is O=C(NC1CCCC1)C1CCN(C(=O)c2ccccc2F)CC1. The molecule has 4 nitrogen and oxygen atoms in total. The summed E-state index contributed by atoms with van der Waals surface area (Å²) in [6.45, 7) is 1.02. The third-order valence-electron chi connectivity index (χ3n) is 4.96. The van der Waals surface area contributed by atoms with E-state index >= 15 is 0 Å². The van der Waals surface area contributed by atoms with Gasteiger partial charge in [0.15, 0.2) is 0 Å². The number of hydrogen-bond donors (Lipinski definition) is 1. The molecule has 1 N–H and O–H groups in total. The van der Waals surface area contributed by atoms with Crippen molar-refractivity contribution in [3.63, 3.8) is 0 Å². The molecule has 1 saturated heterocycles. The van der Waals surface area contributed by atoms with Crippen LogP contribution in [0.3, 0.4) is 0 Å². The average molecular weight is 318 g/mol. The summed E-state index contributed by atoms with van der Waals surface area (Å²) in [6, 6.07) is 6.38. The smallest absolute Gasteiger partial charge is 0.256 e. The van der Waals surface area contributed by atoms with Crippen molar-refractivity contribution in [3.05, 3.63) is 35.6 Å². The summed E-state index contributed by atoms with van der Waals surface area (Å²) >= 11 is 0. The Kier molecular flexibility index (Phi) is 4.94. The van der Waals surface area contributed by atoms with Crippen LogP contribution in [0.1, 0.15) is 48.9 Å². The van der Waals surface area contributed by atoms with Crippen molar-refractivity contribution in [1.82, 2.24) is 10.2 Å². The average Bonchev–Trinajstić information content (AvgIpc) is 3.08. The summed E-state index contributed by atoms with van der Waals surface area (Å²) in [6.07, 6.45) is 5.85. The summed E-state index contributed by atoms with van der Waals surface area (Å²) < 4.78 is 13.7. The van der Waals surface area contributed by atoms with Gasteiger partial charge < -0.3 is 10.2 Å². The number of halogens is 1. The van der Waals surface area contributed by atoms with Crippen molar-refractivity contribution in [3.8, 4) is 0 Å². The molecule has 3 rings (SSSR count). The fraction of sp³-hybridized carbons (Fsp3) is 0.556. The van der Waals surface area contributed by atoms with Gasteiger partial charge in [0.05, 0.1) is 5.56 Å². The largest absolute Gasteiger partial charge is 0.353 e. The number of benzene rings is 1. The van der Waals surface area contributed by atoms with Gasteiger partial charge in [0.2, 0.25) is 5.91 Å². The molecule has 2 fully saturated rings. The number of nitrogens with one attached hydrogen (secondary N) is 1. The maximum atomic E-state index is 13.7. The van der Waals surface area contributed by atoms with Crippen molar-refractivity contribution in [2.45, 2.75) is 44.6 Å². The first kappa shape index (κ1) is 16.0. The zero-order valence-corrected chi connectivity index (χ0v) is 13.3. The second kappa shape index (κ2) is 7.11. The number of piperidine rings is 1. The van der Waals surface area contributed by atoms with Crippen LogP contribution in [-0.2, 0) is 4.79 Å². The first-order valence-electron chi connectivity index (χ1n) is 8.49. The molecule has 1 aromatic carbocycles. The van der Waals surface area contributed by atoms with Gasteiger partial charge in [0.25, 0.3) is 5.91 Å². The van der Waals surface area contributed by atoms with Gasteiger partial charge in [-0.25, -0.2) is 4.39 Å². The molecule has 0 unspecified atom stereocenters. The Bertz CT molecular complexity index is 576. The first-order chi connectivity index (χ1) is 11.1. The van der Waals surface area contributed by atoms with E-state index < -0.39 is 5.82 Å². The van der Waals surface area contributed by atoms with Crippen molar-refractivity contribution in [1.29, 1.82) is 0 Å². The van der Waals surface area contributed by atoms with Crippen molar-refractivity contribution < 1.29 is 14.0 Å². The fourth-order valence-electron chi connectivity index (χ4n) is 3.54. The molecule has 2 amide bonds. The van der Waals surface area contributed by atoms with Crippen LogP contribution in [0.15, 0.2) is 24.3 Å². The van der Waals surface area contributed by atoms with E-state index in [1.807, 2.05) is 0 Å². The molecule has 2 aliphatic rings. The van der Waals surface area contributed by atoms with E-state index in [0.717, 1.165) is 12.8 Å². The summed E-state index contributed by atoms with van der Waals surface area (Å²) in [5.74, 6) is -0.675. The topological polar surface area (TPSA) is 49.4 Å². The predicted octanol–water partition coefficient (Wildman–Crippen LogP) is 2.74. The van der Waals surface area contributed by atoms with E-state index in [0.29, 0.717) is 32.0 Å². The molecule has 0 spiro atoms. The van der Waals surface area contributed by atoms with E-state index in [1.54, 1.807) is 17.0 Å². The van der Waals surface area contributed by atoms with E-state index in [1.165, 1.54) is 25.0 Å². The van der Waals surface area contributed by atoms with Crippen molar-refractivity contribution >= 4 is 11.8 Å². The van der Waals surface area contributed by atoms with E-state index in [2.05, 4.69) is 5.32 Å². The minimum atomic E-state index is -0.487. The Morgan fingerprint density at radius 3 is 2.35 bits per heavy atom. The lowest BCUT2D eigenvalue weighted by molar-refractivity contribution is -0.127. The Labute approximate surface area is 136 Å². The van der Waals surface area contributed by atoms with Crippen LogP contribution in [0.5, 0.6) is 0 Å². The maximum absolute atomic E-state index is 13.7. The quantitative estimate of drug-likeness (QED) is 0.931. The van der Waals surface area contributed by atoms with E-state index in [-0.39, 0.29) is 23.3 Å². The molecular weight excluding hydrogens is 295 g/mol. The highest BCUT2D eigenvalue weighted by Gasteiger charge is 2.30. The zero-order valence-electron chi connectivity index (χ0n) is 13.3. The third-order valence-corrected chi connectivity index (χ3v) is 4.96. The first-order valence-corrected chi connectivity index (χ1v) is 8.49. The van der Waals surface area contributed by atoms with E-state index in [9.17, 15) is 14.0 Å². The minimum absolute atomic E-state index is 0.0275. The second-order valence-corrected chi connectivity index (χ2v) is 6.54. The zero-order chi connectivity index (χ0) is 16.2. The highest BCUT2D eigenvalue weighted by molar-refractivity contribution is 5.94. The summed E-state index contributed by atoms with van der Waals surface area (Å²) in [5, 5.41) is 3.13. The molecular formula is C18H23FN2O2. The molecule has 23 heavy (non-hydrogen) atoms. The molecule has 5 heteroatoms. The van der Waals surface area contributed by atoms with Gasteiger partial charge in [-0.1, -0.05) is 25.0 Å². The number of nitrogens with zero attached hydrogens (tertiary/aromatic N) is 1. The summed E-state index contributed by atoms with van der Waals surface area (Å²) in [5.41, 5.74) is 0.112. The van der Waals surface area contributed by atoms with Crippen LogP contribution in [0.2, 0.25) is 0 Å². The van der Waals surface area contributed by atoms with Gasteiger partial charge in [-0.2, -0.15) is 0 Å². The lowest BCUT2D eigenvalue weighted by Crippen LogP contribution is -2.45. The lowest BCUT2D eigenvalue weighted by Gasteiger charge is -2.32. The van der Waals surface area contributed by atoms with Gasteiger partial charge in [-0.3, -0.25) is 9.59 Å². The molecule has 0 bridgehead atoms. The lowest BCUT2D eigenvalue weighted by atomic mass is 9.95. The van der Waals surface area contributed by atoms with Crippen LogP contribution in [0.25, 0.3) is 0 Å².